The molecule has 1 heterocycles. The van der Waals surface area contributed by atoms with Crippen molar-refractivity contribution in [2.24, 2.45) is 9.98 Å². The first-order valence-electron chi connectivity index (χ1n) is 4.06. The van der Waals surface area contributed by atoms with Crippen LogP contribution in [0.3, 0.4) is 0 Å². The van der Waals surface area contributed by atoms with Gasteiger partial charge in [-0.1, -0.05) is 12.1 Å². The summed E-state index contributed by atoms with van der Waals surface area (Å²) in [5.41, 5.74) is 0. The van der Waals surface area contributed by atoms with E-state index in [2.05, 4.69) is 14.7 Å². The molecule has 0 saturated heterocycles. The number of rotatable bonds is 1. The Morgan fingerprint density at radius 2 is 1.86 bits per heavy atom. The first-order chi connectivity index (χ1) is 6.59. The van der Waals surface area contributed by atoms with Crippen LogP contribution in [0.15, 0.2) is 34.3 Å². The average Bonchev–Trinajstić information content (AvgIpc) is 2.38. The smallest absolute Gasteiger partial charge is 0.450 e. The maximum absolute atomic E-state index is 10.4. The summed E-state index contributed by atoms with van der Waals surface area (Å²) in [6.07, 6.45) is -1.38. The Hall–Kier alpha value is -1.91. The molecule has 0 saturated carbocycles. The lowest BCUT2D eigenvalue weighted by atomic mass is 10.3. The van der Waals surface area contributed by atoms with Crippen molar-refractivity contribution in [1.29, 1.82) is 0 Å². The molecule has 0 unspecified atom stereocenters. The van der Waals surface area contributed by atoms with Crippen molar-refractivity contribution < 1.29 is 14.6 Å². The summed E-state index contributed by atoms with van der Waals surface area (Å²) in [5, 5.41) is 9.77. The lowest BCUT2D eigenvalue weighted by Crippen LogP contribution is -2.25. The molecule has 0 aliphatic carbocycles. The highest BCUT2D eigenvalue weighted by Crippen LogP contribution is 2.14. The van der Waals surface area contributed by atoms with Gasteiger partial charge >= 0.3 is 12.0 Å². The molecule has 1 aromatic rings. The molecule has 1 N–H and O–H groups in total. The molecule has 1 aromatic carbocycles. The lowest BCUT2D eigenvalue weighted by molar-refractivity contribution is 0.00248. The van der Waals surface area contributed by atoms with E-state index < -0.39 is 12.0 Å². The maximum atomic E-state index is 10.4. The number of hydrogen-bond donors (Lipinski definition) is 1. The van der Waals surface area contributed by atoms with E-state index in [1.165, 1.54) is 6.92 Å². The second-order valence-corrected chi connectivity index (χ2v) is 3.01. The van der Waals surface area contributed by atoms with Gasteiger partial charge in [-0.15, -0.1) is 0 Å². The zero-order chi connectivity index (χ0) is 10.2. The second kappa shape index (κ2) is 2.80. The van der Waals surface area contributed by atoms with Crippen LogP contribution in [0.25, 0.3) is 0 Å². The Labute approximate surface area is 79.4 Å². The van der Waals surface area contributed by atoms with Crippen LogP contribution in [0.2, 0.25) is 0 Å². The van der Waals surface area contributed by atoms with E-state index in [1.54, 1.807) is 12.1 Å². The van der Waals surface area contributed by atoms with Crippen LogP contribution in [0.4, 0.5) is 4.79 Å². The molecule has 5 heteroatoms. The van der Waals surface area contributed by atoms with Crippen molar-refractivity contribution in [2.45, 2.75) is 12.8 Å². The van der Waals surface area contributed by atoms with Crippen molar-refractivity contribution in [2.75, 3.05) is 0 Å². The van der Waals surface area contributed by atoms with Crippen molar-refractivity contribution in [3.8, 4) is 0 Å². The first-order valence-corrected chi connectivity index (χ1v) is 4.06. The third-order valence-corrected chi connectivity index (χ3v) is 1.82. The summed E-state index contributed by atoms with van der Waals surface area (Å²) >= 11 is 0. The molecule has 14 heavy (non-hydrogen) atoms. The highest BCUT2D eigenvalue weighted by molar-refractivity contribution is 5.57. The first kappa shape index (κ1) is 8.68. The van der Waals surface area contributed by atoms with E-state index in [0.29, 0.717) is 10.7 Å². The van der Waals surface area contributed by atoms with E-state index in [-0.39, 0.29) is 0 Å². The Balaban J connectivity index is 2.48. The topological polar surface area (TPSA) is 71.2 Å². The number of ether oxygens (including phenoxy) is 1. The van der Waals surface area contributed by atoms with Crippen molar-refractivity contribution in [1.82, 2.24) is 0 Å². The van der Waals surface area contributed by atoms with Gasteiger partial charge in [0.1, 0.15) is 0 Å². The molecule has 0 spiro atoms. The van der Waals surface area contributed by atoms with E-state index in [4.69, 9.17) is 5.11 Å². The van der Waals surface area contributed by atoms with Crippen LogP contribution in [-0.2, 0) is 4.74 Å². The molecule has 0 atom stereocenters. The molecule has 0 radical (unpaired) electrons. The van der Waals surface area contributed by atoms with Crippen molar-refractivity contribution >= 4 is 6.16 Å². The van der Waals surface area contributed by atoms with Gasteiger partial charge in [-0.3, -0.25) is 0 Å². The van der Waals surface area contributed by atoms with Crippen LogP contribution < -0.4 is 10.7 Å². The SMILES string of the molecule is CC1(OC(=O)O)N=c2ccccc2=N1. The fourth-order valence-electron chi connectivity index (χ4n) is 1.34. The zero-order valence-corrected chi connectivity index (χ0v) is 7.47. The normalized spacial score (nSPS) is 16.4. The largest absolute Gasteiger partial charge is 0.509 e. The summed E-state index contributed by atoms with van der Waals surface area (Å²) in [6.45, 7) is 1.50. The fraction of sp³-hybridized carbons (Fsp3) is 0.222. The molecule has 0 aromatic heterocycles. The summed E-state index contributed by atoms with van der Waals surface area (Å²) in [4.78, 5) is 18.5. The third kappa shape index (κ3) is 1.44. The highest BCUT2D eigenvalue weighted by atomic mass is 16.7. The Bertz CT molecular complexity index is 460. The molecular formula is C9H8N2O3. The molecule has 72 valence electrons. The van der Waals surface area contributed by atoms with Gasteiger partial charge in [0.15, 0.2) is 0 Å². The quantitative estimate of drug-likeness (QED) is 0.651. The Morgan fingerprint density at radius 1 is 1.36 bits per heavy atom. The molecule has 0 amide bonds. The third-order valence-electron chi connectivity index (χ3n) is 1.82. The zero-order valence-electron chi connectivity index (χ0n) is 7.47. The number of hydrogen-bond acceptors (Lipinski definition) is 4. The summed E-state index contributed by atoms with van der Waals surface area (Å²) in [6, 6.07) is 7.14. The maximum Gasteiger partial charge on any atom is 0.509 e. The van der Waals surface area contributed by atoms with Gasteiger partial charge in [-0.25, -0.2) is 14.8 Å². The second-order valence-electron chi connectivity index (χ2n) is 3.01. The van der Waals surface area contributed by atoms with Gasteiger partial charge in [0.25, 0.3) is 0 Å². The Kier molecular flexibility index (Phi) is 1.73. The highest BCUT2D eigenvalue weighted by Gasteiger charge is 2.29. The lowest BCUT2D eigenvalue weighted by Gasteiger charge is -2.14. The molecule has 1 aliphatic heterocycles. The van der Waals surface area contributed by atoms with Gasteiger partial charge < -0.3 is 9.84 Å². The van der Waals surface area contributed by atoms with Crippen LogP contribution >= 0.6 is 0 Å². The number of nitrogens with zero attached hydrogens (tertiary/aromatic N) is 2. The van der Waals surface area contributed by atoms with Crippen LogP contribution in [0, 0.1) is 0 Å². The average molecular weight is 192 g/mol. The minimum Gasteiger partial charge on any atom is -0.450 e. The minimum absolute atomic E-state index is 0.649. The molecular weight excluding hydrogens is 184 g/mol. The number of para-hydroxylation sites is 2. The van der Waals surface area contributed by atoms with E-state index in [1.807, 2.05) is 12.1 Å². The van der Waals surface area contributed by atoms with Crippen LogP contribution in [0.1, 0.15) is 6.92 Å². The van der Waals surface area contributed by atoms with Crippen LogP contribution in [0.5, 0.6) is 0 Å². The molecule has 5 nitrogen and oxygen atoms in total. The molecule has 0 fully saturated rings. The summed E-state index contributed by atoms with van der Waals surface area (Å²) < 4.78 is 4.56. The molecule has 2 rings (SSSR count). The number of benzene rings is 1. The Morgan fingerprint density at radius 3 is 2.29 bits per heavy atom. The van der Waals surface area contributed by atoms with E-state index in [0.717, 1.165) is 0 Å². The monoisotopic (exact) mass is 192 g/mol. The minimum atomic E-state index is -1.38. The summed E-state index contributed by atoms with van der Waals surface area (Å²) in [7, 11) is 0. The number of carbonyl (C=O) groups is 1. The van der Waals surface area contributed by atoms with Gasteiger partial charge in [-0.05, 0) is 12.1 Å². The standard InChI is InChI=1S/C9H8N2O3/c1-9(14-8(12)13)10-6-4-2-3-5-7(6)11-9/h2-5H,1H3,(H,12,13). The molecule has 1 aliphatic rings. The van der Waals surface area contributed by atoms with Gasteiger partial charge in [0.05, 0.1) is 10.7 Å². The number of carboxylic acid groups (broad SMARTS) is 1. The molecule has 0 bridgehead atoms. The predicted molar refractivity (Wildman–Crippen MR) is 46.3 cm³/mol. The van der Waals surface area contributed by atoms with Gasteiger partial charge in [0.2, 0.25) is 0 Å². The van der Waals surface area contributed by atoms with Crippen molar-refractivity contribution in [3.63, 3.8) is 0 Å². The fourth-order valence-corrected chi connectivity index (χ4v) is 1.34. The van der Waals surface area contributed by atoms with Gasteiger partial charge in [0, 0.05) is 6.92 Å². The summed E-state index contributed by atoms with van der Waals surface area (Å²) in [5.74, 6) is -1.32. The number of fused-ring (bicyclic) bond motifs is 1. The van der Waals surface area contributed by atoms with E-state index >= 15 is 0 Å². The predicted octanol–water partition coefficient (Wildman–Crippen LogP) is 0.308. The van der Waals surface area contributed by atoms with Crippen molar-refractivity contribution in [3.05, 3.63) is 35.0 Å². The van der Waals surface area contributed by atoms with Crippen LogP contribution in [-0.4, -0.2) is 17.1 Å². The van der Waals surface area contributed by atoms with E-state index in [9.17, 15) is 4.79 Å². The van der Waals surface area contributed by atoms with Gasteiger partial charge in [-0.2, -0.15) is 0 Å².